The van der Waals surface area contributed by atoms with E-state index in [-0.39, 0.29) is 5.56 Å². The molecule has 1 saturated heterocycles. The van der Waals surface area contributed by atoms with Gasteiger partial charge in [-0.1, -0.05) is 6.07 Å². The number of benzene rings is 1. The number of fused-ring (bicyclic) bond motifs is 1. The predicted octanol–water partition coefficient (Wildman–Crippen LogP) is 0.341. The summed E-state index contributed by atoms with van der Waals surface area (Å²) in [6.07, 6.45) is -0.354. The molecule has 0 aromatic heterocycles. The summed E-state index contributed by atoms with van der Waals surface area (Å²) in [5, 5.41) is 9.26. The second-order valence-corrected chi connectivity index (χ2v) is 3.78. The Morgan fingerprint density at radius 3 is 2.75 bits per heavy atom. The highest BCUT2D eigenvalue weighted by Gasteiger charge is 2.36. The van der Waals surface area contributed by atoms with Gasteiger partial charge < -0.3 is 19.2 Å². The van der Waals surface area contributed by atoms with Crippen molar-refractivity contribution >= 4 is 12.6 Å². The SMILES string of the molecule is OC1Oc2ccc(B3OCCCO3)c(F)c21. The first kappa shape index (κ1) is 10.1. The van der Waals surface area contributed by atoms with Crippen molar-refractivity contribution in [2.75, 3.05) is 13.2 Å². The molecule has 1 aromatic carbocycles. The Balaban J connectivity index is 1.95. The fourth-order valence-corrected chi connectivity index (χ4v) is 1.90. The summed E-state index contributed by atoms with van der Waals surface area (Å²) < 4.78 is 29.4. The summed E-state index contributed by atoms with van der Waals surface area (Å²) in [5.74, 6) is -0.118. The van der Waals surface area contributed by atoms with E-state index in [4.69, 9.17) is 14.0 Å². The molecule has 84 valence electrons. The highest BCUT2D eigenvalue weighted by atomic mass is 19.1. The lowest BCUT2D eigenvalue weighted by Crippen LogP contribution is -2.44. The van der Waals surface area contributed by atoms with Crippen LogP contribution in [0.5, 0.6) is 5.75 Å². The monoisotopic (exact) mass is 224 g/mol. The van der Waals surface area contributed by atoms with Gasteiger partial charge in [-0.3, -0.25) is 0 Å². The third kappa shape index (κ3) is 1.42. The van der Waals surface area contributed by atoms with Gasteiger partial charge in [-0.2, -0.15) is 0 Å². The second kappa shape index (κ2) is 3.73. The van der Waals surface area contributed by atoms with Gasteiger partial charge in [0.05, 0.1) is 5.56 Å². The lowest BCUT2D eigenvalue weighted by Gasteiger charge is -2.29. The van der Waals surface area contributed by atoms with Crippen LogP contribution in [0.25, 0.3) is 0 Å². The first-order valence-electron chi connectivity index (χ1n) is 5.17. The van der Waals surface area contributed by atoms with Gasteiger partial charge in [-0.05, 0) is 12.5 Å². The Labute approximate surface area is 92.1 Å². The van der Waals surface area contributed by atoms with E-state index in [1.165, 1.54) is 0 Å². The van der Waals surface area contributed by atoms with Crippen molar-refractivity contribution in [1.82, 2.24) is 0 Å². The molecule has 0 amide bonds. The summed E-state index contributed by atoms with van der Waals surface area (Å²) >= 11 is 0. The molecule has 1 N–H and O–H groups in total. The maximum Gasteiger partial charge on any atom is 0.496 e. The normalized spacial score (nSPS) is 23.4. The molecule has 0 aliphatic carbocycles. The molecule has 0 saturated carbocycles. The van der Waals surface area contributed by atoms with E-state index in [1.54, 1.807) is 12.1 Å². The van der Waals surface area contributed by atoms with Gasteiger partial charge in [-0.15, -0.1) is 0 Å². The molecule has 6 heteroatoms. The van der Waals surface area contributed by atoms with Crippen LogP contribution >= 0.6 is 0 Å². The zero-order valence-electron chi connectivity index (χ0n) is 8.48. The molecule has 2 aliphatic rings. The van der Waals surface area contributed by atoms with E-state index >= 15 is 0 Å². The largest absolute Gasteiger partial charge is 0.496 e. The molecule has 2 heterocycles. The summed E-state index contributed by atoms with van der Waals surface area (Å²) in [6.45, 7) is 1.11. The fourth-order valence-electron chi connectivity index (χ4n) is 1.90. The van der Waals surface area contributed by atoms with Crippen LogP contribution in [0.15, 0.2) is 12.1 Å². The molecule has 0 bridgehead atoms. The predicted molar refractivity (Wildman–Crippen MR) is 53.9 cm³/mol. The van der Waals surface area contributed by atoms with Crippen molar-refractivity contribution in [3.8, 4) is 5.75 Å². The molecule has 1 aromatic rings. The van der Waals surface area contributed by atoms with Gasteiger partial charge in [0.15, 0.2) is 0 Å². The Hall–Kier alpha value is -1.11. The third-order valence-corrected chi connectivity index (χ3v) is 2.74. The third-order valence-electron chi connectivity index (χ3n) is 2.74. The van der Waals surface area contributed by atoms with Gasteiger partial charge in [0, 0.05) is 18.7 Å². The molecule has 0 spiro atoms. The molecular weight excluding hydrogens is 214 g/mol. The first-order valence-corrected chi connectivity index (χ1v) is 5.17. The Bertz CT molecular complexity index is 420. The highest BCUT2D eigenvalue weighted by Crippen LogP contribution is 2.38. The average Bonchev–Trinajstić information content (AvgIpc) is 2.28. The lowest BCUT2D eigenvalue weighted by atomic mass is 9.76. The van der Waals surface area contributed by atoms with E-state index in [9.17, 15) is 9.50 Å². The fraction of sp³-hybridized carbons (Fsp3) is 0.400. The van der Waals surface area contributed by atoms with Crippen LogP contribution in [-0.2, 0) is 9.31 Å². The van der Waals surface area contributed by atoms with Gasteiger partial charge in [0.2, 0.25) is 6.29 Å². The lowest BCUT2D eigenvalue weighted by molar-refractivity contribution is -0.0623. The smallest absolute Gasteiger partial charge is 0.460 e. The van der Waals surface area contributed by atoms with E-state index in [1.807, 2.05) is 0 Å². The minimum Gasteiger partial charge on any atom is -0.460 e. The number of aliphatic hydroxyl groups excluding tert-OH is 1. The Morgan fingerprint density at radius 1 is 1.31 bits per heavy atom. The number of hydrogen-bond donors (Lipinski definition) is 1. The minimum atomic E-state index is -1.17. The zero-order chi connectivity index (χ0) is 11.1. The number of hydrogen-bond acceptors (Lipinski definition) is 4. The topological polar surface area (TPSA) is 47.9 Å². The minimum absolute atomic E-state index is 0.190. The summed E-state index contributed by atoms with van der Waals surface area (Å²) in [5.41, 5.74) is 0.510. The zero-order valence-corrected chi connectivity index (χ0v) is 8.48. The van der Waals surface area contributed by atoms with Crippen LogP contribution in [-0.4, -0.2) is 25.4 Å². The molecule has 4 nitrogen and oxygen atoms in total. The Kier molecular flexibility index (Phi) is 2.35. The molecular formula is C10H10BFO4. The van der Waals surface area contributed by atoms with Crippen LogP contribution in [0.4, 0.5) is 4.39 Å². The molecule has 1 unspecified atom stereocenters. The van der Waals surface area contributed by atoms with E-state index < -0.39 is 19.2 Å². The van der Waals surface area contributed by atoms with Crippen molar-refractivity contribution in [2.24, 2.45) is 0 Å². The van der Waals surface area contributed by atoms with Crippen LogP contribution in [0, 0.1) is 5.82 Å². The standard InChI is InChI=1S/C10H10BFO4/c12-9-6(11-14-4-1-5-15-11)2-3-7-8(9)10(13)16-7/h2-3,10,13H,1,4-5H2. The highest BCUT2D eigenvalue weighted by molar-refractivity contribution is 6.61. The van der Waals surface area contributed by atoms with Crippen molar-refractivity contribution in [3.63, 3.8) is 0 Å². The maximum atomic E-state index is 13.9. The Morgan fingerprint density at radius 2 is 2.06 bits per heavy atom. The summed E-state index contributed by atoms with van der Waals surface area (Å²) in [6, 6.07) is 3.18. The van der Waals surface area contributed by atoms with Crippen LogP contribution in [0.2, 0.25) is 0 Å². The first-order chi connectivity index (χ1) is 7.77. The average molecular weight is 224 g/mol. The quantitative estimate of drug-likeness (QED) is 0.698. The molecule has 2 aliphatic heterocycles. The van der Waals surface area contributed by atoms with Gasteiger partial charge in [-0.25, -0.2) is 4.39 Å². The van der Waals surface area contributed by atoms with Crippen LogP contribution in [0.3, 0.4) is 0 Å². The van der Waals surface area contributed by atoms with Gasteiger partial charge >= 0.3 is 7.12 Å². The van der Waals surface area contributed by atoms with Crippen molar-refractivity contribution in [2.45, 2.75) is 12.7 Å². The van der Waals surface area contributed by atoms with Crippen LogP contribution in [0.1, 0.15) is 18.3 Å². The number of rotatable bonds is 1. The maximum absolute atomic E-state index is 13.9. The number of ether oxygens (including phenoxy) is 1. The van der Waals surface area contributed by atoms with E-state index in [0.29, 0.717) is 24.4 Å². The van der Waals surface area contributed by atoms with E-state index in [2.05, 4.69) is 0 Å². The number of halogens is 1. The molecule has 3 rings (SSSR count). The summed E-state index contributed by atoms with van der Waals surface area (Å²) in [7, 11) is -0.674. The molecule has 0 radical (unpaired) electrons. The molecule has 16 heavy (non-hydrogen) atoms. The van der Waals surface area contributed by atoms with Crippen molar-refractivity contribution in [3.05, 3.63) is 23.5 Å². The molecule has 1 fully saturated rings. The van der Waals surface area contributed by atoms with Gasteiger partial charge in [0.25, 0.3) is 0 Å². The summed E-state index contributed by atoms with van der Waals surface area (Å²) in [4.78, 5) is 0. The van der Waals surface area contributed by atoms with E-state index in [0.717, 1.165) is 6.42 Å². The van der Waals surface area contributed by atoms with Gasteiger partial charge in [0.1, 0.15) is 11.6 Å². The molecule has 1 atom stereocenters. The second-order valence-electron chi connectivity index (χ2n) is 3.78. The van der Waals surface area contributed by atoms with Crippen LogP contribution < -0.4 is 10.2 Å². The van der Waals surface area contributed by atoms with Crippen molar-refractivity contribution in [1.29, 1.82) is 0 Å². The number of aliphatic hydroxyl groups is 1. The van der Waals surface area contributed by atoms with Crippen molar-refractivity contribution < 1.29 is 23.5 Å².